The Labute approximate surface area is 113 Å². The Morgan fingerprint density at radius 2 is 1.72 bits per heavy atom. The Kier molecular flexibility index (Phi) is 12.1. The standard InChI is InChI=1S/C16H30O2/c1-4-7-9-11-13-15(12-10-8-5-2)14-16(17)18-6-3/h12H,4-11,13-14H2,1-3H3/b15-12+. The lowest BCUT2D eigenvalue weighted by molar-refractivity contribution is -0.142. The van der Waals surface area contributed by atoms with Crippen LogP contribution in [0.4, 0.5) is 0 Å². The van der Waals surface area contributed by atoms with Gasteiger partial charge in [-0.25, -0.2) is 0 Å². The fraction of sp³-hybridized carbons (Fsp3) is 0.812. The molecule has 0 bridgehead atoms. The fourth-order valence-electron chi connectivity index (χ4n) is 1.95. The molecule has 0 heterocycles. The topological polar surface area (TPSA) is 26.3 Å². The van der Waals surface area contributed by atoms with Gasteiger partial charge in [-0.15, -0.1) is 0 Å². The molecular weight excluding hydrogens is 224 g/mol. The number of esters is 1. The van der Waals surface area contributed by atoms with Gasteiger partial charge in [0.25, 0.3) is 0 Å². The van der Waals surface area contributed by atoms with E-state index in [9.17, 15) is 4.79 Å². The van der Waals surface area contributed by atoms with Crippen molar-refractivity contribution in [2.45, 2.75) is 78.6 Å². The predicted octanol–water partition coefficient (Wildman–Crippen LogP) is 5.03. The molecule has 0 aromatic rings. The number of allylic oxidation sites excluding steroid dienone is 1. The summed E-state index contributed by atoms with van der Waals surface area (Å²) in [5.41, 5.74) is 1.28. The molecule has 18 heavy (non-hydrogen) atoms. The van der Waals surface area contributed by atoms with Gasteiger partial charge in [0.1, 0.15) is 0 Å². The maximum atomic E-state index is 11.5. The molecule has 106 valence electrons. The molecule has 0 amide bonds. The van der Waals surface area contributed by atoms with E-state index in [4.69, 9.17) is 4.74 Å². The van der Waals surface area contributed by atoms with Gasteiger partial charge in [0.05, 0.1) is 13.0 Å². The molecule has 0 aliphatic carbocycles. The van der Waals surface area contributed by atoms with Gasteiger partial charge < -0.3 is 4.74 Å². The second kappa shape index (κ2) is 12.7. The van der Waals surface area contributed by atoms with Gasteiger partial charge in [-0.2, -0.15) is 0 Å². The van der Waals surface area contributed by atoms with Gasteiger partial charge in [0.2, 0.25) is 0 Å². The van der Waals surface area contributed by atoms with Crippen molar-refractivity contribution in [2.24, 2.45) is 0 Å². The van der Waals surface area contributed by atoms with E-state index in [0.29, 0.717) is 13.0 Å². The van der Waals surface area contributed by atoms with Gasteiger partial charge in [-0.05, 0) is 26.2 Å². The lowest BCUT2D eigenvalue weighted by Crippen LogP contribution is -2.05. The summed E-state index contributed by atoms with van der Waals surface area (Å²) in [5.74, 6) is -0.0734. The molecular formula is C16H30O2. The molecule has 0 saturated carbocycles. The van der Waals surface area contributed by atoms with Crippen LogP contribution in [0, 0.1) is 0 Å². The van der Waals surface area contributed by atoms with E-state index in [1.165, 1.54) is 44.1 Å². The molecule has 0 aromatic heterocycles. The second-order valence-corrected chi connectivity index (χ2v) is 4.80. The van der Waals surface area contributed by atoms with Gasteiger partial charge in [-0.1, -0.05) is 57.6 Å². The first-order valence-corrected chi connectivity index (χ1v) is 7.58. The summed E-state index contributed by atoms with van der Waals surface area (Å²) in [6.07, 6.45) is 12.3. The monoisotopic (exact) mass is 254 g/mol. The highest BCUT2D eigenvalue weighted by atomic mass is 16.5. The van der Waals surface area contributed by atoms with Crippen molar-refractivity contribution >= 4 is 5.97 Å². The van der Waals surface area contributed by atoms with Crippen molar-refractivity contribution < 1.29 is 9.53 Å². The van der Waals surface area contributed by atoms with Crippen molar-refractivity contribution in [3.8, 4) is 0 Å². The van der Waals surface area contributed by atoms with Crippen LogP contribution in [0.15, 0.2) is 11.6 Å². The van der Waals surface area contributed by atoms with Gasteiger partial charge in [0, 0.05) is 0 Å². The summed E-state index contributed by atoms with van der Waals surface area (Å²) in [5, 5.41) is 0. The first-order chi connectivity index (χ1) is 8.74. The third-order valence-electron chi connectivity index (χ3n) is 3.02. The molecule has 0 atom stereocenters. The van der Waals surface area contributed by atoms with Gasteiger partial charge in [0.15, 0.2) is 0 Å². The van der Waals surface area contributed by atoms with E-state index < -0.39 is 0 Å². The molecule has 0 aromatic carbocycles. The molecule has 0 spiro atoms. The molecule has 0 aliphatic heterocycles. The smallest absolute Gasteiger partial charge is 0.309 e. The zero-order chi connectivity index (χ0) is 13.6. The Morgan fingerprint density at radius 1 is 1.00 bits per heavy atom. The highest BCUT2D eigenvalue weighted by Crippen LogP contribution is 2.16. The molecule has 0 unspecified atom stereocenters. The molecule has 0 saturated heterocycles. The van der Waals surface area contributed by atoms with E-state index >= 15 is 0 Å². The first kappa shape index (κ1) is 17.2. The largest absolute Gasteiger partial charge is 0.466 e. The number of ether oxygens (including phenoxy) is 1. The highest BCUT2D eigenvalue weighted by Gasteiger charge is 2.06. The molecule has 2 nitrogen and oxygen atoms in total. The van der Waals surface area contributed by atoms with E-state index in [0.717, 1.165) is 12.8 Å². The molecule has 2 heteroatoms. The average Bonchev–Trinajstić information content (AvgIpc) is 2.35. The first-order valence-electron chi connectivity index (χ1n) is 7.58. The summed E-state index contributed by atoms with van der Waals surface area (Å²) < 4.78 is 5.03. The summed E-state index contributed by atoms with van der Waals surface area (Å²) in [6.45, 7) is 6.76. The van der Waals surface area contributed by atoms with Crippen LogP contribution in [0.2, 0.25) is 0 Å². The number of rotatable bonds is 11. The van der Waals surface area contributed by atoms with Crippen molar-refractivity contribution in [1.29, 1.82) is 0 Å². The number of carbonyl (C=O) groups is 1. The average molecular weight is 254 g/mol. The summed E-state index contributed by atoms with van der Waals surface area (Å²) >= 11 is 0. The zero-order valence-electron chi connectivity index (χ0n) is 12.5. The van der Waals surface area contributed by atoms with Crippen LogP contribution in [0.3, 0.4) is 0 Å². The SMILES string of the molecule is CCCC/C=C(\CCCCCC)CC(=O)OCC. The van der Waals surface area contributed by atoms with Crippen LogP contribution < -0.4 is 0 Å². The number of hydrogen-bond donors (Lipinski definition) is 0. The summed E-state index contributed by atoms with van der Waals surface area (Å²) in [4.78, 5) is 11.5. The van der Waals surface area contributed by atoms with Crippen LogP contribution in [0.25, 0.3) is 0 Å². The third kappa shape index (κ3) is 10.4. The van der Waals surface area contributed by atoms with E-state index in [-0.39, 0.29) is 5.97 Å². The maximum Gasteiger partial charge on any atom is 0.309 e. The number of unbranched alkanes of at least 4 members (excludes halogenated alkanes) is 5. The van der Waals surface area contributed by atoms with Crippen molar-refractivity contribution in [3.63, 3.8) is 0 Å². The van der Waals surface area contributed by atoms with Gasteiger partial charge >= 0.3 is 5.97 Å². The minimum Gasteiger partial charge on any atom is -0.466 e. The lowest BCUT2D eigenvalue weighted by Gasteiger charge is -2.07. The van der Waals surface area contributed by atoms with Crippen molar-refractivity contribution in [3.05, 3.63) is 11.6 Å². The Hall–Kier alpha value is -0.790. The van der Waals surface area contributed by atoms with E-state index in [1.807, 2.05) is 6.92 Å². The fourth-order valence-corrected chi connectivity index (χ4v) is 1.95. The van der Waals surface area contributed by atoms with Crippen LogP contribution in [-0.2, 0) is 9.53 Å². The van der Waals surface area contributed by atoms with Crippen molar-refractivity contribution in [2.75, 3.05) is 6.61 Å². The normalized spacial score (nSPS) is 11.6. The lowest BCUT2D eigenvalue weighted by atomic mass is 10.0. The predicted molar refractivity (Wildman–Crippen MR) is 77.6 cm³/mol. The highest BCUT2D eigenvalue weighted by molar-refractivity contribution is 5.72. The third-order valence-corrected chi connectivity index (χ3v) is 3.02. The van der Waals surface area contributed by atoms with Crippen LogP contribution in [0.1, 0.15) is 78.6 Å². The molecule has 0 rings (SSSR count). The van der Waals surface area contributed by atoms with Crippen LogP contribution in [0.5, 0.6) is 0 Å². The van der Waals surface area contributed by atoms with E-state index in [1.54, 1.807) is 0 Å². The Morgan fingerprint density at radius 3 is 2.33 bits per heavy atom. The summed E-state index contributed by atoms with van der Waals surface area (Å²) in [6, 6.07) is 0. The van der Waals surface area contributed by atoms with E-state index in [2.05, 4.69) is 19.9 Å². The number of hydrogen-bond acceptors (Lipinski definition) is 2. The second-order valence-electron chi connectivity index (χ2n) is 4.80. The van der Waals surface area contributed by atoms with Crippen molar-refractivity contribution in [1.82, 2.24) is 0 Å². The zero-order valence-corrected chi connectivity index (χ0v) is 12.5. The Bertz CT molecular complexity index is 231. The maximum absolute atomic E-state index is 11.5. The Balaban J connectivity index is 4.06. The molecule has 0 N–H and O–H groups in total. The minimum atomic E-state index is -0.0734. The molecule has 0 radical (unpaired) electrons. The minimum absolute atomic E-state index is 0.0734. The molecule has 0 fully saturated rings. The van der Waals surface area contributed by atoms with Gasteiger partial charge in [-0.3, -0.25) is 4.79 Å². The quantitative estimate of drug-likeness (QED) is 0.294. The van der Waals surface area contributed by atoms with Crippen LogP contribution >= 0.6 is 0 Å². The molecule has 0 aliphatic rings. The summed E-state index contributed by atoms with van der Waals surface area (Å²) in [7, 11) is 0. The van der Waals surface area contributed by atoms with Crippen LogP contribution in [-0.4, -0.2) is 12.6 Å². The number of carbonyl (C=O) groups excluding carboxylic acids is 1.